The lowest BCUT2D eigenvalue weighted by atomic mass is 9.48. The summed E-state index contributed by atoms with van der Waals surface area (Å²) in [5.41, 5.74) is 8.29. The third-order valence-electron chi connectivity index (χ3n) is 9.22. The van der Waals surface area contributed by atoms with Gasteiger partial charge in [-0.3, -0.25) is 0 Å². The summed E-state index contributed by atoms with van der Waals surface area (Å²) in [6.45, 7) is 1.39. The second kappa shape index (κ2) is 11.9. The van der Waals surface area contributed by atoms with Gasteiger partial charge in [-0.1, -0.05) is 37.5 Å². The van der Waals surface area contributed by atoms with Crippen LogP contribution in [0.4, 0.5) is 11.8 Å². The van der Waals surface area contributed by atoms with Crippen LogP contribution in [0.3, 0.4) is 0 Å². The number of benzene rings is 1. The summed E-state index contributed by atoms with van der Waals surface area (Å²) in [5.74, 6) is 4.07. The molecule has 8 heteroatoms. The quantitative estimate of drug-likeness (QED) is 0.410. The van der Waals surface area contributed by atoms with E-state index < -0.39 is 0 Å². The molecule has 0 amide bonds. The summed E-state index contributed by atoms with van der Waals surface area (Å²) in [4.78, 5) is 8.95. The summed E-state index contributed by atoms with van der Waals surface area (Å²) < 4.78 is 5.41. The Morgan fingerprint density at radius 3 is 2.50 bits per heavy atom. The van der Waals surface area contributed by atoms with Crippen LogP contribution in [-0.4, -0.2) is 40.9 Å². The number of nitrogens with two attached hydrogens (primary N) is 1. The highest BCUT2D eigenvalue weighted by Crippen LogP contribution is 2.59. The zero-order chi connectivity index (χ0) is 26.5. The van der Waals surface area contributed by atoms with E-state index in [-0.39, 0.29) is 11.5 Å². The molecule has 5 fully saturated rings. The molecular formula is C30H42N6O2. The lowest BCUT2D eigenvalue weighted by Crippen LogP contribution is -2.58. The first kappa shape index (κ1) is 26.7. The number of nitriles is 1. The first-order valence-corrected chi connectivity index (χ1v) is 14.3. The van der Waals surface area contributed by atoms with Gasteiger partial charge in [-0.05, 0) is 74.2 Å². The summed E-state index contributed by atoms with van der Waals surface area (Å²) in [6.07, 6.45) is 13.8. The van der Waals surface area contributed by atoms with E-state index in [9.17, 15) is 5.26 Å². The zero-order valence-electron chi connectivity index (χ0n) is 22.5. The van der Waals surface area contributed by atoms with Gasteiger partial charge in [0.1, 0.15) is 23.2 Å². The van der Waals surface area contributed by atoms with Crippen LogP contribution in [0.1, 0.15) is 75.3 Å². The summed E-state index contributed by atoms with van der Waals surface area (Å²) in [7, 11) is 1.66. The molecule has 4 bridgehead atoms. The maximum Gasteiger partial charge on any atom is 0.224 e. The predicted octanol–water partition coefficient (Wildman–Crippen LogP) is 4.85. The molecule has 2 unspecified atom stereocenters. The van der Waals surface area contributed by atoms with E-state index in [1.54, 1.807) is 13.3 Å². The van der Waals surface area contributed by atoms with Gasteiger partial charge in [0.25, 0.3) is 0 Å². The molecule has 0 spiro atoms. The number of aromatic nitrogens is 2. The third-order valence-corrected chi connectivity index (χ3v) is 9.22. The Bertz CT molecular complexity index is 1110. The molecule has 1 heterocycles. The number of hydrogen-bond acceptors (Lipinski definition) is 8. The molecule has 5 saturated carbocycles. The Balaban J connectivity index is 0.000000366. The van der Waals surface area contributed by atoms with Crippen LogP contribution in [0.15, 0.2) is 30.5 Å². The molecule has 5 N–H and O–H groups in total. The van der Waals surface area contributed by atoms with Crippen molar-refractivity contribution in [3.8, 4) is 11.8 Å². The molecule has 1 aromatic heterocycles. The molecule has 204 valence electrons. The number of aliphatic hydroxyl groups excluding tert-OH is 1. The van der Waals surface area contributed by atoms with Gasteiger partial charge < -0.3 is 26.2 Å². The van der Waals surface area contributed by atoms with E-state index in [2.05, 4.69) is 26.7 Å². The van der Waals surface area contributed by atoms with Crippen LogP contribution in [0.25, 0.3) is 0 Å². The highest BCUT2D eigenvalue weighted by atomic mass is 16.5. The molecule has 5 aliphatic carbocycles. The molecule has 1 aromatic carbocycles. The average molecular weight is 519 g/mol. The van der Waals surface area contributed by atoms with Crippen LogP contribution in [-0.2, 0) is 6.54 Å². The topological polar surface area (TPSA) is 129 Å². The fourth-order valence-electron chi connectivity index (χ4n) is 7.51. The van der Waals surface area contributed by atoms with E-state index in [0.29, 0.717) is 41.8 Å². The third kappa shape index (κ3) is 6.05. The number of para-hydroxylation sites is 1. The molecule has 2 aromatic rings. The minimum atomic E-state index is 0.0359. The molecular weight excluding hydrogens is 476 g/mol. The van der Waals surface area contributed by atoms with Gasteiger partial charge in [0.15, 0.2) is 0 Å². The number of ether oxygens (including phenoxy) is 1. The molecule has 8 nitrogen and oxygen atoms in total. The van der Waals surface area contributed by atoms with E-state index in [1.165, 1.54) is 51.4 Å². The Morgan fingerprint density at radius 1 is 1.11 bits per heavy atom. The van der Waals surface area contributed by atoms with Crippen molar-refractivity contribution in [1.29, 1.82) is 5.26 Å². The monoisotopic (exact) mass is 518 g/mol. The minimum absolute atomic E-state index is 0.0359. The number of aliphatic hydroxyl groups is 1. The van der Waals surface area contributed by atoms with Crippen LogP contribution in [0, 0.1) is 34.5 Å². The predicted molar refractivity (Wildman–Crippen MR) is 149 cm³/mol. The van der Waals surface area contributed by atoms with Crippen molar-refractivity contribution in [2.75, 3.05) is 24.3 Å². The van der Waals surface area contributed by atoms with Gasteiger partial charge in [-0.25, -0.2) is 4.98 Å². The maximum atomic E-state index is 9.56. The summed E-state index contributed by atoms with van der Waals surface area (Å²) in [5, 5.41) is 25.2. The van der Waals surface area contributed by atoms with E-state index in [1.807, 2.05) is 24.3 Å². The first-order valence-electron chi connectivity index (χ1n) is 14.3. The van der Waals surface area contributed by atoms with Crippen molar-refractivity contribution >= 4 is 11.8 Å². The summed E-state index contributed by atoms with van der Waals surface area (Å²) in [6, 6.07) is 10.5. The van der Waals surface area contributed by atoms with Crippen molar-refractivity contribution in [3.63, 3.8) is 0 Å². The second-order valence-corrected chi connectivity index (χ2v) is 11.9. The summed E-state index contributed by atoms with van der Waals surface area (Å²) >= 11 is 0. The Kier molecular flexibility index (Phi) is 8.35. The number of methoxy groups -OCH3 is 1. The van der Waals surface area contributed by atoms with Gasteiger partial charge in [0.2, 0.25) is 5.95 Å². The van der Waals surface area contributed by atoms with Crippen molar-refractivity contribution in [3.05, 3.63) is 41.6 Å². The smallest absolute Gasteiger partial charge is 0.224 e. The normalized spacial score (nSPS) is 29.6. The SMILES string of the molecule is COc1ccccc1CNc1ncc(C#N)c(NCC23CC4CC(C2)C(N)C(C4)C3)n1.OC1CCCCC1. The molecule has 0 radical (unpaired) electrons. The number of nitrogens with zero attached hydrogens (tertiary/aromatic N) is 3. The van der Waals surface area contributed by atoms with Gasteiger partial charge in [0, 0.05) is 24.7 Å². The molecule has 2 atom stereocenters. The molecule has 5 aliphatic rings. The van der Waals surface area contributed by atoms with Crippen molar-refractivity contribution < 1.29 is 9.84 Å². The fraction of sp³-hybridized carbons (Fsp3) is 0.633. The maximum absolute atomic E-state index is 9.56. The standard InChI is InChI=1S/C24H30N6O.C6H12O/c1-31-20-5-3-2-4-16(20)12-27-23-28-13-19(11-25)22(30-23)29-14-24-8-15-6-17(9-24)21(26)18(7-15)10-24;7-6-4-2-1-3-5-6/h2-5,13,15,17-18,21H,6-10,12,14,26H2,1H3,(H2,27,28,29,30);6-7H,1-5H2. The lowest BCUT2D eigenvalue weighted by molar-refractivity contribution is -0.0591. The van der Waals surface area contributed by atoms with E-state index >= 15 is 0 Å². The lowest BCUT2D eigenvalue weighted by Gasteiger charge is -2.59. The number of hydrogen-bond donors (Lipinski definition) is 4. The van der Waals surface area contributed by atoms with E-state index in [0.717, 1.165) is 36.6 Å². The van der Waals surface area contributed by atoms with Crippen LogP contribution >= 0.6 is 0 Å². The Hall–Kier alpha value is -2.89. The van der Waals surface area contributed by atoms with Gasteiger partial charge in [0.05, 0.1) is 19.4 Å². The molecule has 38 heavy (non-hydrogen) atoms. The fourth-order valence-corrected chi connectivity index (χ4v) is 7.51. The Labute approximate surface area is 226 Å². The minimum Gasteiger partial charge on any atom is -0.496 e. The number of nitrogens with one attached hydrogen (secondary N) is 2. The van der Waals surface area contributed by atoms with Crippen molar-refractivity contribution in [2.24, 2.45) is 28.9 Å². The second-order valence-electron chi connectivity index (χ2n) is 11.9. The largest absolute Gasteiger partial charge is 0.496 e. The van der Waals surface area contributed by atoms with Crippen LogP contribution in [0.2, 0.25) is 0 Å². The van der Waals surface area contributed by atoms with Crippen LogP contribution < -0.4 is 21.1 Å². The molecule has 7 rings (SSSR count). The van der Waals surface area contributed by atoms with Crippen LogP contribution in [0.5, 0.6) is 5.75 Å². The highest BCUT2D eigenvalue weighted by molar-refractivity contribution is 5.53. The number of rotatable bonds is 7. The van der Waals surface area contributed by atoms with E-state index in [4.69, 9.17) is 15.6 Å². The van der Waals surface area contributed by atoms with Crippen molar-refractivity contribution in [2.45, 2.75) is 82.9 Å². The Morgan fingerprint density at radius 2 is 1.84 bits per heavy atom. The zero-order valence-corrected chi connectivity index (χ0v) is 22.5. The van der Waals surface area contributed by atoms with Gasteiger partial charge in [-0.2, -0.15) is 10.2 Å². The highest BCUT2D eigenvalue weighted by Gasteiger charge is 2.54. The average Bonchev–Trinajstić information content (AvgIpc) is 2.94. The molecule has 0 aliphatic heterocycles. The first-order chi connectivity index (χ1) is 18.5. The molecule has 0 saturated heterocycles. The van der Waals surface area contributed by atoms with Crippen molar-refractivity contribution in [1.82, 2.24) is 9.97 Å². The van der Waals surface area contributed by atoms with Gasteiger partial charge in [-0.15, -0.1) is 0 Å². The van der Waals surface area contributed by atoms with Gasteiger partial charge >= 0.3 is 0 Å². The number of anilines is 2.